The predicted octanol–water partition coefficient (Wildman–Crippen LogP) is 0.934. The van der Waals surface area contributed by atoms with Crippen LogP contribution in [-0.4, -0.2) is 41.1 Å². The van der Waals surface area contributed by atoms with Crippen molar-refractivity contribution in [3.05, 3.63) is 30.3 Å². The number of anilines is 1. The molecule has 0 aromatic heterocycles. The average Bonchev–Trinajstić information content (AvgIpc) is 3.30. The van der Waals surface area contributed by atoms with Crippen LogP contribution < -0.4 is 10.6 Å². The Bertz CT molecular complexity index is 528. The second kappa shape index (κ2) is 7.56. The molecule has 0 bridgehead atoms. The normalized spacial score (nSPS) is 14.3. The Labute approximate surface area is 128 Å². The number of amides is 1. The number of aliphatic carboxylic acids is 2. The third kappa shape index (κ3) is 4.29. The van der Waals surface area contributed by atoms with Crippen molar-refractivity contribution in [2.45, 2.75) is 19.8 Å². The molecule has 0 spiro atoms. The fraction of sp³-hybridized carbons (Fsp3) is 0.400. The van der Waals surface area contributed by atoms with Gasteiger partial charge in [0.1, 0.15) is 0 Å². The number of carbonyl (C=O) groups is 3. The summed E-state index contributed by atoms with van der Waals surface area (Å²) >= 11 is 0. The van der Waals surface area contributed by atoms with Gasteiger partial charge in [-0.05, 0) is 31.9 Å². The smallest absolute Gasteiger partial charge is 0.414 e. The lowest BCUT2D eigenvalue weighted by molar-refractivity contribution is -0.159. The van der Waals surface area contributed by atoms with Crippen LogP contribution in [-0.2, 0) is 14.4 Å². The molecule has 1 aromatic carbocycles. The van der Waals surface area contributed by atoms with Crippen molar-refractivity contribution in [2.75, 3.05) is 18.0 Å². The summed E-state index contributed by atoms with van der Waals surface area (Å²) in [5.74, 6) is -3.46. The summed E-state index contributed by atoms with van der Waals surface area (Å²) < 4.78 is 0. The number of nitrogens with zero attached hydrogens (tertiary/aromatic N) is 1. The maximum absolute atomic E-state index is 12.3. The van der Waals surface area contributed by atoms with Gasteiger partial charge in [0, 0.05) is 18.8 Å². The molecule has 0 unspecified atom stereocenters. The molecule has 1 saturated carbocycles. The van der Waals surface area contributed by atoms with Crippen LogP contribution in [0.3, 0.4) is 0 Å². The highest BCUT2D eigenvalue weighted by molar-refractivity contribution is 6.27. The van der Waals surface area contributed by atoms with Gasteiger partial charge >= 0.3 is 11.9 Å². The van der Waals surface area contributed by atoms with E-state index >= 15 is 0 Å². The highest BCUT2D eigenvalue weighted by atomic mass is 16.4. The second-order valence-electron chi connectivity index (χ2n) is 4.98. The third-order valence-electron chi connectivity index (χ3n) is 3.51. The molecule has 0 aliphatic heterocycles. The van der Waals surface area contributed by atoms with Crippen LogP contribution in [0.15, 0.2) is 30.3 Å². The summed E-state index contributed by atoms with van der Waals surface area (Å²) in [5, 5.41) is 14.8. The fourth-order valence-corrected chi connectivity index (χ4v) is 1.99. The van der Waals surface area contributed by atoms with Crippen LogP contribution in [0.4, 0.5) is 5.69 Å². The molecule has 0 heterocycles. The number of nitrogens with two attached hydrogens (primary N) is 1. The Balaban J connectivity index is 0.000000346. The molecule has 0 atom stereocenters. The van der Waals surface area contributed by atoms with Crippen molar-refractivity contribution < 1.29 is 24.6 Å². The first-order valence-electron chi connectivity index (χ1n) is 6.91. The maximum atomic E-state index is 12.3. The summed E-state index contributed by atoms with van der Waals surface area (Å²) in [6.45, 7) is 3.16. The van der Waals surface area contributed by atoms with Crippen LogP contribution >= 0.6 is 0 Å². The molecule has 7 nitrogen and oxygen atoms in total. The van der Waals surface area contributed by atoms with Gasteiger partial charge in [0.2, 0.25) is 5.91 Å². The molecule has 22 heavy (non-hydrogen) atoms. The zero-order valence-electron chi connectivity index (χ0n) is 12.4. The lowest BCUT2D eigenvalue weighted by atomic mass is 10.1. The molecular weight excluding hydrogens is 288 g/mol. The van der Waals surface area contributed by atoms with Crippen molar-refractivity contribution in [3.63, 3.8) is 0 Å². The molecule has 120 valence electrons. The summed E-state index contributed by atoms with van der Waals surface area (Å²) in [6, 6.07) is 9.79. The Morgan fingerprint density at radius 1 is 1.14 bits per heavy atom. The molecule has 1 amide bonds. The molecule has 1 fully saturated rings. The lowest BCUT2D eigenvalue weighted by Gasteiger charge is -2.25. The van der Waals surface area contributed by atoms with E-state index in [0.29, 0.717) is 13.1 Å². The maximum Gasteiger partial charge on any atom is 0.414 e. The summed E-state index contributed by atoms with van der Waals surface area (Å²) in [5.41, 5.74) is 6.40. The van der Waals surface area contributed by atoms with E-state index in [1.807, 2.05) is 42.2 Å². The Morgan fingerprint density at radius 3 is 1.95 bits per heavy atom. The van der Waals surface area contributed by atoms with E-state index in [1.165, 1.54) is 0 Å². The number of hydrogen-bond donors (Lipinski definition) is 3. The number of hydrogen-bond acceptors (Lipinski definition) is 4. The number of para-hydroxylation sites is 1. The van der Waals surface area contributed by atoms with E-state index in [0.717, 1.165) is 18.5 Å². The van der Waals surface area contributed by atoms with Gasteiger partial charge in [0.15, 0.2) is 0 Å². The van der Waals surface area contributed by atoms with Gasteiger partial charge in [-0.15, -0.1) is 0 Å². The van der Waals surface area contributed by atoms with Crippen molar-refractivity contribution in [3.8, 4) is 0 Å². The zero-order chi connectivity index (χ0) is 16.8. The Morgan fingerprint density at radius 2 is 1.64 bits per heavy atom. The topological polar surface area (TPSA) is 121 Å². The average molecular weight is 308 g/mol. The first-order valence-corrected chi connectivity index (χ1v) is 6.91. The van der Waals surface area contributed by atoms with Crippen molar-refractivity contribution >= 4 is 23.5 Å². The first kappa shape index (κ1) is 17.6. The first-order chi connectivity index (χ1) is 10.4. The zero-order valence-corrected chi connectivity index (χ0v) is 12.4. The summed E-state index contributed by atoms with van der Waals surface area (Å²) in [6.07, 6.45) is 1.87. The van der Waals surface area contributed by atoms with E-state index in [1.54, 1.807) is 0 Å². The standard InChI is InChI=1S/C13H18N2O.C2H2O4/c1-2-15(11-6-4-3-5-7-11)12(16)13(10-14)8-9-13;3-1(4)2(5)6/h3-7H,2,8-10,14H2,1H3;(H,3,4)(H,5,6). The van der Waals surface area contributed by atoms with Crippen LogP contribution in [0.2, 0.25) is 0 Å². The van der Waals surface area contributed by atoms with Gasteiger partial charge in [-0.2, -0.15) is 0 Å². The van der Waals surface area contributed by atoms with Crippen LogP contribution in [0, 0.1) is 5.41 Å². The number of carbonyl (C=O) groups excluding carboxylic acids is 1. The molecule has 1 aliphatic rings. The predicted molar refractivity (Wildman–Crippen MR) is 80.5 cm³/mol. The summed E-state index contributed by atoms with van der Waals surface area (Å²) in [7, 11) is 0. The number of rotatable bonds is 4. The largest absolute Gasteiger partial charge is 0.473 e. The number of carboxylic acids is 2. The van der Waals surface area contributed by atoms with E-state index < -0.39 is 11.9 Å². The fourth-order valence-electron chi connectivity index (χ4n) is 1.99. The van der Waals surface area contributed by atoms with Crippen LogP contribution in [0.25, 0.3) is 0 Å². The van der Waals surface area contributed by atoms with Gasteiger partial charge in [0.05, 0.1) is 5.41 Å². The lowest BCUT2D eigenvalue weighted by Crippen LogP contribution is -2.40. The minimum absolute atomic E-state index is 0.184. The van der Waals surface area contributed by atoms with E-state index in [4.69, 9.17) is 25.5 Å². The number of carboxylic acid groups (broad SMARTS) is 2. The molecular formula is C15H20N2O5. The molecule has 1 aliphatic carbocycles. The second-order valence-corrected chi connectivity index (χ2v) is 4.98. The quantitative estimate of drug-likeness (QED) is 0.712. The monoisotopic (exact) mass is 308 g/mol. The minimum atomic E-state index is -1.82. The Hall–Kier alpha value is -2.41. The van der Waals surface area contributed by atoms with Crippen molar-refractivity contribution in [1.29, 1.82) is 0 Å². The van der Waals surface area contributed by atoms with E-state index in [2.05, 4.69) is 0 Å². The van der Waals surface area contributed by atoms with E-state index in [9.17, 15) is 4.79 Å². The highest BCUT2D eigenvalue weighted by Gasteiger charge is 2.50. The van der Waals surface area contributed by atoms with Gasteiger partial charge in [-0.25, -0.2) is 9.59 Å². The van der Waals surface area contributed by atoms with Gasteiger partial charge in [-0.1, -0.05) is 18.2 Å². The minimum Gasteiger partial charge on any atom is -0.473 e. The molecule has 0 saturated heterocycles. The molecule has 2 rings (SSSR count). The summed E-state index contributed by atoms with van der Waals surface area (Å²) in [4.78, 5) is 32.4. The Kier molecular flexibility index (Phi) is 6.06. The molecule has 1 aromatic rings. The number of benzene rings is 1. The molecule has 4 N–H and O–H groups in total. The van der Waals surface area contributed by atoms with Gasteiger partial charge < -0.3 is 20.8 Å². The van der Waals surface area contributed by atoms with Crippen molar-refractivity contribution in [2.24, 2.45) is 11.1 Å². The third-order valence-corrected chi connectivity index (χ3v) is 3.51. The molecule has 7 heteroatoms. The SMILES string of the molecule is CCN(C(=O)C1(CN)CC1)c1ccccc1.O=C(O)C(=O)O. The van der Waals surface area contributed by atoms with Crippen LogP contribution in [0.5, 0.6) is 0 Å². The van der Waals surface area contributed by atoms with E-state index in [-0.39, 0.29) is 11.3 Å². The van der Waals surface area contributed by atoms with Crippen molar-refractivity contribution in [1.82, 2.24) is 0 Å². The molecule has 0 radical (unpaired) electrons. The van der Waals surface area contributed by atoms with Gasteiger partial charge in [-0.3, -0.25) is 4.79 Å². The highest BCUT2D eigenvalue weighted by Crippen LogP contribution is 2.46. The van der Waals surface area contributed by atoms with Gasteiger partial charge in [0.25, 0.3) is 0 Å². The van der Waals surface area contributed by atoms with Crippen LogP contribution in [0.1, 0.15) is 19.8 Å².